The molecule has 1 aliphatic heterocycles. The summed E-state index contributed by atoms with van der Waals surface area (Å²) in [4.78, 5) is 23.9. The zero-order valence-corrected chi connectivity index (χ0v) is 15.1. The van der Waals surface area contributed by atoms with E-state index in [1.165, 1.54) is 5.56 Å². The summed E-state index contributed by atoms with van der Waals surface area (Å²) < 4.78 is 0. The maximum absolute atomic E-state index is 13.0. The van der Waals surface area contributed by atoms with Crippen LogP contribution < -0.4 is 10.2 Å². The van der Waals surface area contributed by atoms with Crippen LogP contribution in [0.2, 0.25) is 0 Å². The van der Waals surface area contributed by atoms with Gasteiger partial charge in [-0.3, -0.25) is 4.79 Å². The van der Waals surface area contributed by atoms with Crippen molar-refractivity contribution in [2.45, 2.75) is 32.7 Å². The number of carbonyl (C=O) groups excluding carboxylic acids is 1. The third-order valence-electron chi connectivity index (χ3n) is 4.99. The van der Waals surface area contributed by atoms with Gasteiger partial charge in [-0.05, 0) is 50.5 Å². The maximum atomic E-state index is 13.0. The topological polar surface area (TPSA) is 58.1 Å². The van der Waals surface area contributed by atoms with E-state index in [-0.39, 0.29) is 11.9 Å². The second-order valence-electron chi connectivity index (χ2n) is 6.87. The molecule has 1 saturated heterocycles. The molecule has 5 heteroatoms. The molecule has 2 aromatic carbocycles. The van der Waals surface area contributed by atoms with E-state index in [9.17, 15) is 4.79 Å². The van der Waals surface area contributed by atoms with Gasteiger partial charge in [-0.2, -0.15) is 0 Å². The first kappa shape index (κ1) is 16.5. The Hall–Kier alpha value is -2.95. The van der Waals surface area contributed by atoms with Crippen molar-refractivity contribution in [3.8, 4) is 0 Å². The summed E-state index contributed by atoms with van der Waals surface area (Å²) in [6.45, 7) is 4.90. The number of aryl methyl sites for hydroxylation is 2. The van der Waals surface area contributed by atoms with Crippen molar-refractivity contribution in [3.05, 3.63) is 59.9 Å². The SMILES string of the molecule is Cc1ccc(NC(=O)C2CCCN2c2ncnc3ccccc23)c(C)c1. The zero-order valence-electron chi connectivity index (χ0n) is 15.1. The third-order valence-corrected chi connectivity index (χ3v) is 4.99. The Kier molecular flexibility index (Phi) is 4.29. The maximum Gasteiger partial charge on any atom is 0.247 e. The average molecular weight is 346 g/mol. The number of hydrogen-bond acceptors (Lipinski definition) is 4. The fourth-order valence-corrected chi connectivity index (χ4v) is 3.68. The Labute approximate surface area is 153 Å². The molecule has 1 aliphatic rings. The van der Waals surface area contributed by atoms with Gasteiger partial charge in [-0.25, -0.2) is 9.97 Å². The molecule has 132 valence electrons. The predicted octanol–water partition coefficient (Wildman–Crippen LogP) is 3.85. The number of rotatable bonds is 3. The molecular formula is C21H22N4O. The molecule has 26 heavy (non-hydrogen) atoms. The van der Waals surface area contributed by atoms with Crippen molar-refractivity contribution in [3.63, 3.8) is 0 Å². The smallest absolute Gasteiger partial charge is 0.247 e. The summed E-state index contributed by atoms with van der Waals surface area (Å²) in [5.41, 5.74) is 4.05. The lowest BCUT2D eigenvalue weighted by Crippen LogP contribution is -2.40. The monoisotopic (exact) mass is 346 g/mol. The summed E-state index contributed by atoms with van der Waals surface area (Å²) in [5.74, 6) is 0.867. The summed E-state index contributed by atoms with van der Waals surface area (Å²) in [5, 5.41) is 4.09. The zero-order chi connectivity index (χ0) is 18.1. The van der Waals surface area contributed by atoms with Crippen molar-refractivity contribution in [2.75, 3.05) is 16.8 Å². The van der Waals surface area contributed by atoms with E-state index in [2.05, 4.69) is 33.2 Å². The Morgan fingerprint density at radius 1 is 1.15 bits per heavy atom. The summed E-state index contributed by atoms with van der Waals surface area (Å²) in [6, 6.07) is 13.8. The second kappa shape index (κ2) is 6.75. The Balaban J connectivity index is 1.62. The summed E-state index contributed by atoms with van der Waals surface area (Å²) in [6.07, 6.45) is 3.38. The lowest BCUT2D eigenvalue weighted by Gasteiger charge is -2.26. The number of benzene rings is 2. The van der Waals surface area contributed by atoms with Gasteiger partial charge in [0.2, 0.25) is 5.91 Å². The summed E-state index contributed by atoms with van der Waals surface area (Å²) in [7, 11) is 0. The highest BCUT2D eigenvalue weighted by Crippen LogP contribution is 2.30. The largest absolute Gasteiger partial charge is 0.344 e. The number of para-hydroxylation sites is 1. The van der Waals surface area contributed by atoms with Crippen LogP contribution in [-0.2, 0) is 4.79 Å². The molecule has 1 unspecified atom stereocenters. The van der Waals surface area contributed by atoms with Crippen LogP contribution in [-0.4, -0.2) is 28.5 Å². The van der Waals surface area contributed by atoms with E-state index in [0.717, 1.165) is 47.4 Å². The molecule has 0 bridgehead atoms. The molecule has 0 radical (unpaired) electrons. The van der Waals surface area contributed by atoms with Gasteiger partial charge in [0.15, 0.2) is 0 Å². The van der Waals surface area contributed by atoms with Crippen molar-refractivity contribution in [2.24, 2.45) is 0 Å². The van der Waals surface area contributed by atoms with Gasteiger partial charge in [0.25, 0.3) is 0 Å². The second-order valence-corrected chi connectivity index (χ2v) is 6.87. The predicted molar refractivity (Wildman–Crippen MR) is 104 cm³/mol. The molecule has 0 saturated carbocycles. The third kappa shape index (κ3) is 3.01. The first-order valence-electron chi connectivity index (χ1n) is 8.98. The number of fused-ring (bicyclic) bond motifs is 1. The molecule has 0 aliphatic carbocycles. The van der Waals surface area contributed by atoms with E-state index in [1.807, 2.05) is 43.3 Å². The van der Waals surface area contributed by atoms with Gasteiger partial charge in [-0.15, -0.1) is 0 Å². The van der Waals surface area contributed by atoms with Crippen LogP contribution in [0.5, 0.6) is 0 Å². The molecule has 1 aromatic heterocycles. The van der Waals surface area contributed by atoms with Gasteiger partial charge >= 0.3 is 0 Å². The number of anilines is 2. The Morgan fingerprint density at radius 2 is 2.00 bits per heavy atom. The number of nitrogens with one attached hydrogen (secondary N) is 1. The lowest BCUT2D eigenvalue weighted by atomic mass is 10.1. The van der Waals surface area contributed by atoms with Crippen molar-refractivity contribution in [1.82, 2.24) is 9.97 Å². The highest BCUT2D eigenvalue weighted by molar-refractivity contribution is 5.99. The highest BCUT2D eigenvalue weighted by atomic mass is 16.2. The van der Waals surface area contributed by atoms with E-state index in [0.29, 0.717) is 0 Å². The number of carbonyl (C=O) groups is 1. The molecule has 1 amide bonds. The average Bonchev–Trinajstić information content (AvgIpc) is 3.13. The van der Waals surface area contributed by atoms with Crippen molar-refractivity contribution < 1.29 is 4.79 Å². The first-order chi connectivity index (χ1) is 12.6. The van der Waals surface area contributed by atoms with Gasteiger partial charge in [0.05, 0.1) is 5.52 Å². The standard InChI is InChI=1S/C21H22N4O/c1-14-9-10-17(15(2)12-14)24-21(26)19-8-5-11-25(19)20-16-6-3-4-7-18(16)22-13-23-20/h3-4,6-7,9-10,12-13,19H,5,8,11H2,1-2H3,(H,24,26). The molecule has 1 fully saturated rings. The van der Waals surface area contributed by atoms with E-state index in [1.54, 1.807) is 6.33 Å². The van der Waals surface area contributed by atoms with Crippen molar-refractivity contribution in [1.29, 1.82) is 0 Å². The van der Waals surface area contributed by atoms with Crippen LogP contribution in [0.25, 0.3) is 10.9 Å². The van der Waals surface area contributed by atoms with E-state index >= 15 is 0 Å². The van der Waals surface area contributed by atoms with Crippen LogP contribution in [0.4, 0.5) is 11.5 Å². The van der Waals surface area contributed by atoms with Gasteiger partial charge in [0, 0.05) is 17.6 Å². The van der Waals surface area contributed by atoms with E-state index in [4.69, 9.17) is 0 Å². The van der Waals surface area contributed by atoms with Crippen LogP contribution in [0, 0.1) is 13.8 Å². The van der Waals surface area contributed by atoms with E-state index < -0.39 is 0 Å². The number of amides is 1. The number of nitrogens with zero attached hydrogens (tertiary/aromatic N) is 3. The van der Waals surface area contributed by atoms with Crippen LogP contribution in [0.15, 0.2) is 48.8 Å². The molecule has 1 N–H and O–H groups in total. The molecule has 5 nitrogen and oxygen atoms in total. The highest BCUT2D eigenvalue weighted by Gasteiger charge is 2.32. The minimum Gasteiger partial charge on any atom is -0.344 e. The van der Waals surface area contributed by atoms with Crippen LogP contribution >= 0.6 is 0 Å². The summed E-state index contributed by atoms with van der Waals surface area (Å²) >= 11 is 0. The van der Waals surface area contributed by atoms with Gasteiger partial charge in [-0.1, -0.05) is 29.8 Å². The Bertz CT molecular complexity index is 964. The normalized spacial score (nSPS) is 16.8. The fraction of sp³-hybridized carbons (Fsp3) is 0.286. The first-order valence-corrected chi connectivity index (χ1v) is 8.98. The quantitative estimate of drug-likeness (QED) is 0.782. The van der Waals surface area contributed by atoms with Crippen LogP contribution in [0.1, 0.15) is 24.0 Å². The molecule has 0 spiro atoms. The molecular weight excluding hydrogens is 324 g/mol. The fourth-order valence-electron chi connectivity index (χ4n) is 3.68. The Morgan fingerprint density at radius 3 is 2.85 bits per heavy atom. The minimum atomic E-state index is -0.214. The van der Waals surface area contributed by atoms with Crippen LogP contribution in [0.3, 0.4) is 0 Å². The van der Waals surface area contributed by atoms with Crippen molar-refractivity contribution >= 4 is 28.3 Å². The molecule has 3 aromatic rings. The molecule has 4 rings (SSSR count). The number of aromatic nitrogens is 2. The molecule has 2 heterocycles. The molecule has 1 atom stereocenters. The minimum absolute atomic E-state index is 0.0251. The number of hydrogen-bond donors (Lipinski definition) is 1. The van der Waals surface area contributed by atoms with Gasteiger partial charge < -0.3 is 10.2 Å². The van der Waals surface area contributed by atoms with Gasteiger partial charge in [0.1, 0.15) is 18.2 Å². The lowest BCUT2D eigenvalue weighted by molar-refractivity contribution is -0.117.